The second-order valence-corrected chi connectivity index (χ2v) is 3.19. The number of hydrogen-bond acceptors (Lipinski definition) is 5. The van der Waals surface area contributed by atoms with Gasteiger partial charge < -0.3 is 25.5 Å². The van der Waals surface area contributed by atoms with Crippen LogP contribution in [0.15, 0.2) is 0 Å². The number of rotatable bonds is 1. The maximum Gasteiger partial charge on any atom is 0.105 e. The van der Waals surface area contributed by atoms with E-state index in [0.717, 1.165) is 0 Å². The lowest BCUT2D eigenvalue weighted by Crippen LogP contribution is -2.58. The molecule has 0 spiro atoms. The Morgan fingerprint density at radius 3 is 2.17 bits per heavy atom. The summed E-state index contributed by atoms with van der Waals surface area (Å²) in [5.74, 6) is -0.620. The van der Waals surface area contributed by atoms with Crippen molar-refractivity contribution in [1.82, 2.24) is 0 Å². The average Bonchev–Trinajstić information content (AvgIpc) is 2.08. The van der Waals surface area contributed by atoms with Crippen molar-refractivity contribution in [3.05, 3.63) is 0 Å². The molecule has 1 aliphatic rings. The average molecular weight is 177 g/mol. The van der Waals surface area contributed by atoms with Gasteiger partial charge in [0, 0.05) is 12.5 Å². The van der Waals surface area contributed by atoms with Gasteiger partial charge in [-0.15, -0.1) is 0 Å². The highest BCUT2D eigenvalue weighted by atomic mass is 16.4. The zero-order valence-corrected chi connectivity index (χ0v) is 6.50. The molecule has 5 heteroatoms. The first kappa shape index (κ1) is 9.88. The summed E-state index contributed by atoms with van der Waals surface area (Å²) in [5, 5.41) is 47.0. The molecule has 5 unspecified atom stereocenters. The molecule has 0 saturated heterocycles. The fourth-order valence-electron chi connectivity index (χ4n) is 1.46. The van der Waals surface area contributed by atoms with Gasteiger partial charge >= 0.3 is 0 Å². The molecular weight excluding hydrogens is 164 g/mol. The largest absolute Gasteiger partial charge is 0.850 e. The monoisotopic (exact) mass is 177 g/mol. The molecule has 0 heterocycles. The summed E-state index contributed by atoms with van der Waals surface area (Å²) in [6.45, 7) is -0.344. The van der Waals surface area contributed by atoms with Crippen molar-refractivity contribution >= 4 is 0 Å². The first-order valence-electron chi connectivity index (χ1n) is 3.88. The lowest BCUT2D eigenvalue weighted by atomic mass is 9.81. The zero-order chi connectivity index (χ0) is 9.30. The van der Waals surface area contributed by atoms with E-state index in [4.69, 9.17) is 15.3 Å². The minimum atomic E-state index is -1.43. The van der Waals surface area contributed by atoms with E-state index in [1.54, 1.807) is 0 Å². The Bertz CT molecular complexity index is 146. The number of aliphatic hydroxyl groups excluding tert-OH is 4. The third-order valence-electron chi connectivity index (χ3n) is 2.33. The highest BCUT2D eigenvalue weighted by Crippen LogP contribution is 2.23. The fourth-order valence-corrected chi connectivity index (χ4v) is 1.46. The van der Waals surface area contributed by atoms with Crippen LogP contribution >= 0.6 is 0 Å². The SMILES string of the molecule is [O-]C1CC(CO)C(O)C(O)C1O. The van der Waals surface area contributed by atoms with Crippen molar-refractivity contribution in [1.29, 1.82) is 0 Å². The van der Waals surface area contributed by atoms with Crippen LogP contribution in [0.25, 0.3) is 0 Å². The maximum absolute atomic E-state index is 11.0. The molecule has 0 aromatic rings. The molecule has 0 aliphatic heterocycles. The Labute approximate surface area is 69.9 Å². The molecule has 4 N–H and O–H groups in total. The summed E-state index contributed by atoms with van der Waals surface area (Å²) >= 11 is 0. The van der Waals surface area contributed by atoms with Crippen molar-refractivity contribution in [2.75, 3.05) is 6.61 Å². The van der Waals surface area contributed by atoms with E-state index in [-0.39, 0.29) is 13.0 Å². The van der Waals surface area contributed by atoms with Crippen LogP contribution in [-0.2, 0) is 0 Å². The highest BCUT2D eigenvalue weighted by molar-refractivity contribution is 4.91. The second-order valence-electron chi connectivity index (χ2n) is 3.19. The molecule has 0 radical (unpaired) electrons. The third kappa shape index (κ3) is 1.60. The zero-order valence-electron chi connectivity index (χ0n) is 6.50. The minimum absolute atomic E-state index is 0.00407. The topological polar surface area (TPSA) is 104 Å². The smallest absolute Gasteiger partial charge is 0.105 e. The Hall–Kier alpha value is -0.200. The van der Waals surface area contributed by atoms with Gasteiger partial charge in [0.2, 0.25) is 0 Å². The van der Waals surface area contributed by atoms with Crippen LogP contribution in [0.1, 0.15) is 6.42 Å². The molecule has 1 saturated carbocycles. The fraction of sp³-hybridized carbons (Fsp3) is 1.00. The van der Waals surface area contributed by atoms with Gasteiger partial charge in [0.1, 0.15) is 6.10 Å². The van der Waals surface area contributed by atoms with Crippen LogP contribution in [0, 0.1) is 5.92 Å². The first-order chi connectivity index (χ1) is 5.57. The molecule has 0 aromatic heterocycles. The van der Waals surface area contributed by atoms with Crippen LogP contribution in [0.4, 0.5) is 0 Å². The lowest BCUT2D eigenvalue weighted by Gasteiger charge is -2.43. The molecule has 1 rings (SSSR count). The van der Waals surface area contributed by atoms with Crippen molar-refractivity contribution in [2.24, 2.45) is 5.92 Å². The van der Waals surface area contributed by atoms with Gasteiger partial charge in [-0.2, -0.15) is 0 Å². The standard InChI is InChI=1S/C7H13O5/c8-2-3-1-4(9)6(11)7(12)5(3)10/h3-8,10-12H,1-2H2/q-1. The van der Waals surface area contributed by atoms with Crippen LogP contribution in [0.2, 0.25) is 0 Å². The summed E-state index contributed by atoms with van der Waals surface area (Å²) in [7, 11) is 0. The lowest BCUT2D eigenvalue weighted by molar-refractivity contribution is -0.455. The number of aliphatic hydroxyl groups is 4. The maximum atomic E-state index is 11.0. The van der Waals surface area contributed by atoms with Gasteiger partial charge in [-0.25, -0.2) is 0 Å². The van der Waals surface area contributed by atoms with Crippen LogP contribution in [0.5, 0.6) is 0 Å². The van der Waals surface area contributed by atoms with Gasteiger partial charge in [0.25, 0.3) is 0 Å². The van der Waals surface area contributed by atoms with Gasteiger partial charge in [0.15, 0.2) is 0 Å². The van der Waals surface area contributed by atoms with Crippen molar-refractivity contribution in [3.63, 3.8) is 0 Å². The molecule has 1 fully saturated rings. The molecule has 5 nitrogen and oxygen atoms in total. The van der Waals surface area contributed by atoms with Gasteiger partial charge in [-0.3, -0.25) is 0 Å². The predicted molar refractivity (Wildman–Crippen MR) is 37.0 cm³/mol. The first-order valence-corrected chi connectivity index (χ1v) is 3.88. The second kappa shape index (κ2) is 3.68. The van der Waals surface area contributed by atoms with Crippen LogP contribution in [-0.4, -0.2) is 51.4 Å². The summed E-state index contributed by atoms with van der Waals surface area (Å²) in [5.41, 5.74) is 0. The summed E-state index contributed by atoms with van der Waals surface area (Å²) < 4.78 is 0. The quantitative estimate of drug-likeness (QED) is 0.338. The van der Waals surface area contributed by atoms with Crippen molar-refractivity contribution in [2.45, 2.75) is 30.8 Å². The molecule has 1 aliphatic carbocycles. The molecule has 0 bridgehead atoms. The molecule has 12 heavy (non-hydrogen) atoms. The van der Waals surface area contributed by atoms with E-state index >= 15 is 0 Å². The number of hydrogen-bond donors (Lipinski definition) is 4. The van der Waals surface area contributed by atoms with E-state index in [1.165, 1.54) is 0 Å². The minimum Gasteiger partial charge on any atom is -0.850 e. The predicted octanol–water partition coefficient (Wildman–Crippen LogP) is -3.19. The molecule has 0 amide bonds. The Morgan fingerprint density at radius 1 is 1.08 bits per heavy atom. The van der Waals surface area contributed by atoms with E-state index in [0.29, 0.717) is 0 Å². The van der Waals surface area contributed by atoms with Crippen LogP contribution in [0.3, 0.4) is 0 Å². The molecule has 72 valence electrons. The highest BCUT2D eigenvalue weighted by Gasteiger charge is 2.37. The summed E-state index contributed by atoms with van der Waals surface area (Å²) in [6, 6.07) is 0. The van der Waals surface area contributed by atoms with Gasteiger partial charge in [0.05, 0.1) is 12.2 Å². The van der Waals surface area contributed by atoms with E-state index in [2.05, 4.69) is 0 Å². The third-order valence-corrected chi connectivity index (χ3v) is 2.33. The van der Waals surface area contributed by atoms with E-state index < -0.39 is 30.3 Å². The molecule has 5 atom stereocenters. The van der Waals surface area contributed by atoms with Gasteiger partial charge in [-0.05, 0) is 0 Å². The van der Waals surface area contributed by atoms with Gasteiger partial charge in [-0.1, -0.05) is 12.5 Å². The van der Waals surface area contributed by atoms with Crippen molar-refractivity contribution < 1.29 is 25.5 Å². The summed E-state index contributed by atoms with van der Waals surface area (Å²) in [6.07, 6.45) is -5.38. The van der Waals surface area contributed by atoms with E-state index in [1.807, 2.05) is 0 Å². The summed E-state index contributed by atoms with van der Waals surface area (Å²) in [4.78, 5) is 0. The Morgan fingerprint density at radius 2 is 1.67 bits per heavy atom. The molecular formula is C7H13O5-. The Kier molecular flexibility index (Phi) is 3.03. The van der Waals surface area contributed by atoms with Crippen LogP contribution < -0.4 is 5.11 Å². The van der Waals surface area contributed by atoms with E-state index in [9.17, 15) is 10.2 Å². The molecule has 0 aromatic carbocycles. The normalized spacial score (nSPS) is 49.2. The van der Waals surface area contributed by atoms with Crippen molar-refractivity contribution in [3.8, 4) is 0 Å². The Balaban J connectivity index is 2.63.